The van der Waals surface area contributed by atoms with Crippen molar-refractivity contribution in [2.45, 2.75) is 38.6 Å². The van der Waals surface area contributed by atoms with E-state index in [0.717, 1.165) is 6.42 Å². The van der Waals surface area contributed by atoms with E-state index in [1.165, 1.54) is 47.2 Å². The number of benzene rings is 2. The Morgan fingerprint density at radius 1 is 1.09 bits per heavy atom. The number of aryl methyl sites for hydroxylation is 1. The maximum Gasteiger partial charge on any atom is 0.290 e. The van der Waals surface area contributed by atoms with Crippen molar-refractivity contribution in [3.8, 4) is 11.4 Å². The van der Waals surface area contributed by atoms with E-state index in [4.69, 9.17) is 0 Å². The van der Waals surface area contributed by atoms with Crippen molar-refractivity contribution in [3.63, 3.8) is 0 Å². The van der Waals surface area contributed by atoms with Crippen LogP contribution in [0.25, 0.3) is 22.4 Å². The summed E-state index contributed by atoms with van der Waals surface area (Å²) in [6.07, 6.45) is 4.97. The lowest BCUT2D eigenvalue weighted by Crippen LogP contribution is -3.00. The molecule has 0 fully saturated rings. The molecule has 2 aromatic carbocycles. The molecule has 0 amide bonds. The summed E-state index contributed by atoms with van der Waals surface area (Å²) >= 11 is 0. The highest BCUT2D eigenvalue weighted by atomic mass is 127. The normalized spacial score (nSPS) is 15.8. The zero-order chi connectivity index (χ0) is 15.1. The number of unbranched alkanes of at least 4 members (excludes halogenated alkanes) is 1. The molecule has 23 heavy (non-hydrogen) atoms. The minimum Gasteiger partial charge on any atom is -1.00 e. The molecular formula is C20H23IN2. The second kappa shape index (κ2) is 6.63. The average molecular weight is 418 g/mol. The van der Waals surface area contributed by atoms with Gasteiger partial charge in [0.15, 0.2) is 11.0 Å². The van der Waals surface area contributed by atoms with Crippen molar-refractivity contribution in [1.82, 2.24) is 4.57 Å². The first-order valence-corrected chi connectivity index (χ1v) is 8.38. The standard InChI is InChI=1S/C20H23N2.HI/c1-3-4-10-16-14-15-9-5-6-11-17(15)20-21(2)18-12-7-8-13-19(18)22(16)20;/h5-9,11-13,16H,3-4,10,14H2,1-2H3;1H/q+1;/p-1. The van der Waals surface area contributed by atoms with Crippen molar-refractivity contribution in [3.05, 3.63) is 54.1 Å². The van der Waals surface area contributed by atoms with Gasteiger partial charge in [-0.15, -0.1) is 0 Å². The van der Waals surface area contributed by atoms with Crippen LogP contribution in [-0.2, 0) is 13.5 Å². The predicted octanol–water partition coefficient (Wildman–Crippen LogP) is 1.42. The first kappa shape index (κ1) is 16.5. The monoisotopic (exact) mass is 418 g/mol. The molecule has 1 aliphatic heterocycles. The minimum atomic E-state index is 0. The van der Waals surface area contributed by atoms with Crippen molar-refractivity contribution >= 4 is 11.0 Å². The molecule has 1 aliphatic rings. The summed E-state index contributed by atoms with van der Waals surface area (Å²) in [5, 5.41) is 0. The van der Waals surface area contributed by atoms with Gasteiger partial charge in [-0.2, -0.15) is 0 Å². The van der Waals surface area contributed by atoms with Crippen LogP contribution in [0.5, 0.6) is 0 Å². The maximum atomic E-state index is 2.59. The molecule has 0 radical (unpaired) electrons. The van der Waals surface area contributed by atoms with Crippen LogP contribution in [0.15, 0.2) is 48.5 Å². The van der Waals surface area contributed by atoms with E-state index >= 15 is 0 Å². The number of para-hydroxylation sites is 2. The molecule has 120 valence electrons. The Balaban J connectivity index is 0.00000156. The van der Waals surface area contributed by atoms with Gasteiger partial charge in [0.05, 0.1) is 12.6 Å². The zero-order valence-electron chi connectivity index (χ0n) is 13.8. The van der Waals surface area contributed by atoms with Gasteiger partial charge in [0.1, 0.15) is 6.04 Å². The summed E-state index contributed by atoms with van der Waals surface area (Å²) in [6, 6.07) is 18.3. The van der Waals surface area contributed by atoms with Crippen LogP contribution >= 0.6 is 0 Å². The van der Waals surface area contributed by atoms with Gasteiger partial charge >= 0.3 is 0 Å². The van der Waals surface area contributed by atoms with Crippen molar-refractivity contribution in [2.24, 2.45) is 7.05 Å². The Labute approximate surface area is 155 Å². The van der Waals surface area contributed by atoms with Crippen LogP contribution in [0, 0.1) is 0 Å². The van der Waals surface area contributed by atoms with Crippen LogP contribution in [0.4, 0.5) is 0 Å². The fourth-order valence-electron chi connectivity index (χ4n) is 3.95. The minimum absolute atomic E-state index is 0. The topological polar surface area (TPSA) is 8.81 Å². The van der Waals surface area contributed by atoms with Crippen molar-refractivity contribution in [2.75, 3.05) is 0 Å². The number of aromatic nitrogens is 2. The average Bonchev–Trinajstić information content (AvgIpc) is 2.87. The van der Waals surface area contributed by atoms with Crippen molar-refractivity contribution in [1.29, 1.82) is 0 Å². The third kappa shape index (κ3) is 2.59. The molecule has 0 saturated carbocycles. The molecule has 0 aliphatic carbocycles. The predicted molar refractivity (Wildman–Crippen MR) is 90.8 cm³/mol. The van der Waals surface area contributed by atoms with Crippen molar-refractivity contribution < 1.29 is 28.5 Å². The van der Waals surface area contributed by atoms with Crippen LogP contribution in [0.2, 0.25) is 0 Å². The van der Waals surface area contributed by atoms with Crippen LogP contribution in [0.3, 0.4) is 0 Å². The second-order valence-electron chi connectivity index (χ2n) is 6.40. The summed E-state index contributed by atoms with van der Waals surface area (Å²) in [4.78, 5) is 0. The Bertz CT molecular complexity index is 835. The first-order chi connectivity index (χ1) is 10.8. The highest BCUT2D eigenvalue weighted by Crippen LogP contribution is 2.38. The highest BCUT2D eigenvalue weighted by molar-refractivity contribution is 5.77. The Kier molecular flexibility index (Phi) is 4.76. The number of halogens is 1. The Hall–Kier alpha value is -1.36. The number of nitrogens with zero attached hydrogens (tertiary/aromatic N) is 2. The molecule has 2 nitrogen and oxygen atoms in total. The summed E-state index contributed by atoms with van der Waals surface area (Å²) in [6.45, 7) is 2.28. The summed E-state index contributed by atoms with van der Waals surface area (Å²) in [7, 11) is 2.20. The number of hydrogen-bond acceptors (Lipinski definition) is 0. The van der Waals surface area contributed by atoms with E-state index in [1.54, 1.807) is 0 Å². The first-order valence-electron chi connectivity index (χ1n) is 8.38. The number of fused-ring (bicyclic) bond motifs is 5. The van der Waals surface area contributed by atoms with E-state index in [-0.39, 0.29) is 24.0 Å². The molecule has 2 heterocycles. The van der Waals surface area contributed by atoms with Crippen LogP contribution in [0.1, 0.15) is 37.8 Å². The highest BCUT2D eigenvalue weighted by Gasteiger charge is 2.35. The van der Waals surface area contributed by atoms with Gasteiger partial charge in [0, 0.05) is 6.42 Å². The number of imidazole rings is 1. The second-order valence-corrected chi connectivity index (χ2v) is 6.40. The van der Waals surface area contributed by atoms with Gasteiger partial charge in [-0.1, -0.05) is 43.7 Å². The molecule has 0 saturated heterocycles. The smallest absolute Gasteiger partial charge is 0.290 e. The molecule has 3 aromatic rings. The van der Waals surface area contributed by atoms with Gasteiger partial charge < -0.3 is 24.0 Å². The van der Waals surface area contributed by atoms with Gasteiger partial charge in [0.2, 0.25) is 0 Å². The largest absolute Gasteiger partial charge is 1.00 e. The van der Waals surface area contributed by atoms with Gasteiger partial charge in [-0.05, 0) is 36.6 Å². The molecule has 0 spiro atoms. The van der Waals surface area contributed by atoms with E-state index in [2.05, 4.69) is 71.6 Å². The fourth-order valence-corrected chi connectivity index (χ4v) is 3.95. The van der Waals surface area contributed by atoms with E-state index < -0.39 is 0 Å². The molecule has 1 unspecified atom stereocenters. The number of rotatable bonds is 3. The lowest BCUT2D eigenvalue weighted by molar-refractivity contribution is -0.634. The maximum absolute atomic E-state index is 2.59. The fraction of sp³-hybridized carbons (Fsp3) is 0.350. The van der Waals surface area contributed by atoms with Gasteiger partial charge in [-0.25, -0.2) is 9.13 Å². The molecule has 3 heteroatoms. The van der Waals surface area contributed by atoms with Crippen LogP contribution in [-0.4, -0.2) is 4.57 Å². The summed E-state index contributed by atoms with van der Waals surface area (Å²) in [5.41, 5.74) is 5.59. The van der Waals surface area contributed by atoms with Crippen LogP contribution < -0.4 is 28.5 Å². The molecule has 1 atom stereocenters. The van der Waals surface area contributed by atoms with Gasteiger partial charge in [0.25, 0.3) is 5.82 Å². The van der Waals surface area contributed by atoms with E-state index in [1.807, 2.05) is 0 Å². The van der Waals surface area contributed by atoms with E-state index in [0.29, 0.717) is 6.04 Å². The van der Waals surface area contributed by atoms with E-state index in [9.17, 15) is 0 Å². The van der Waals surface area contributed by atoms with Gasteiger partial charge in [-0.3, -0.25) is 0 Å². The molecular weight excluding hydrogens is 395 g/mol. The third-order valence-corrected chi connectivity index (χ3v) is 5.02. The molecule has 0 bridgehead atoms. The quantitative estimate of drug-likeness (QED) is 0.450. The lowest BCUT2D eigenvalue weighted by atomic mass is 9.92. The SMILES string of the molecule is CCCCC1Cc2ccccc2-c2n1c1ccccc1[n+]2C.[I-]. The zero-order valence-corrected chi connectivity index (χ0v) is 16.0. The summed E-state index contributed by atoms with van der Waals surface area (Å²) < 4.78 is 4.96. The summed E-state index contributed by atoms with van der Waals surface area (Å²) in [5.74, 6) is 1.36. The molecule has 4 rings (SSSR count). The number of hydrogen-bond donors (Lipinski definition) is 0. The Morgan fingerprint density at radius 3 is 2.65 bits per heavy atom. The molecule has 1 aromatic heterocycles. The lowest BCUT2D eigenvalue weighted by Gasteiger charge is -2.23. The Morgan fingerprint density at radius 2 is 1.83 bits per heavy atom. The third-order valence-electron chi connectivity index (χ3n) is 5.02. The molecule has 0 N–H and O–H groups in total.